The van der Waals surface area contributed by atoms with E-state index in [4.69, 9.17) is 4.74 Å². The van der Waals surface area contributed by atoms with E-state index in [-0.39, 0.29) is 5.91 Å². The summed E-state index contributed by atoms with van der Waals surface area (Å²) in [5, 5.41) is 7.50. The fourth-order valence-electron chi connectivity index (χ4n) is 3.13. The highest BCUT2D eigenvalue weighted by Gasteiger charge is 2.13. The minimum Gasteiger partial charge on any atom is -0.495 e. The van der Waals surface area contributed by atoms with Gasteiger partial charge in [0, 0.05) is 11.3 Å². The smallest absolute Gasteiger partial charge is 0.255 e. The van der Waals surface area contributed by atoms with Gasteiger partial charge in [-0.15, -0.1) is 0 Å². The van der Waals surface area contributed by atoms with Crippen LogP contribution in [0, 0.1) is 13.8 Å². The quantitative estimate of drug-likeness (QED) is 0.747. The molecular formula is C21H23N3O2. The fourth-order valence-corrected chi connectivity index (χ4v) is 3.13. The molecule has 0 saturated carbocycles. The molecule has 5 heteroatoms. The number of nitrogens with one attached hydrogen (secondary N) is 1. The second kappa shape index (κ2) is 7.44. The lowest BCUT2D eigenvalue weighted by Crippen LogP contribution is -2.12. The average molecular weight is 349 g/mol. The maximum Gasteiger partial charge on any atom is 0.255 e. The summed E-state index contributed by atoms with van der Waals surface area (Å²) in [5.74, 6) is 0.455. The molecule has 26 heavy (non-hydrogen) atoms. The number of aryl methyl sites for hydroxylation is 1. The number of nitrogens with zero attached hydrogens (tertiary/aromatic N) is 2. The zero-order valence-corrected chi connectivity index (χ0v) is 15.5. The van der Waals surface area contributed by atoms with Crippen molar-refractivity contribution < 1.29 is 9.53 Å². The maximum atomic E-state index is 12.5. The molecule has 1 amide bonds. The first-order valence-electron chi connectivity index (χ1n) is 8.65. The standard InChI is InChI=1S/C21H23N3O2/c1-5-18-14(2)23-24(15(18)3)17-12-10-16(11-13-17)21(25)22-19-8-6-7-9-20(19)26-4/h6-13H,5H2,1-4H3,(H,22,25). The number of rotatable bonds is 5. The Morgan fingerprint density at radius 2 is 1.81 bits per heavy atom. The van der Waals surface area contributed by atoms with E-state index < -0.39 is 0 Å². The summed E-state index contributed by atoms with van der Waals surface area (Å²) >= 11 is 0. The highest BCUT2D eigenvalue weighted by atomic mass is 16.5. The van der Waals surface area contributed by atoms with Gasteiger partial charge >= 0.3 is 0 Å². The van der Waals surface area contributed by atoms with Crippen molar-refractivity contribution in [1.29, 1.82) is 0 Å². The normalized spacial score (nSPS) is 10.6. The number of methoxy groups -OCH3 is 1. The van der Waals surface area contributed by atoms with Gasteiger partial charge in [0.1, 0.15) is 5.75 Å². The number of carbonyl (C=O) groups is 1. The first-order valence-corrected chi connectivity index (χ1v) is 8.65. The first kappa shape index (κ1) is 17.7. The van der Waals surface area contributed by atoms with Crippen LogP contribution in [0.15, 0.2) is 48.5 Å². The fraction of sp³-hybridized carbons (Fsp3) is 0.238. The van der Waals surface area contributed by atoms with E-state index in [2.05, 4.69) is 24.3 Å². The van der Waals surface area contributed by atoms with E-state index in [9.17, 15) is 4.79 Å². The van der Waals surface area contributed by atoms with E-state index in [1.807, 2.05) is 60.1 Å². The zero-order chi connectivity index (χ0) is 18.7. The number of amides is 1. The maximum absolute atomic E-state index is 12.5. The molecule has 0 bridgehead atoms. The molecule has 1 heterocycles. The Morgan fingerprint density at radius 3 is 2.42 bits per heavy atom. The Bertz CT molecular complexity index is 927. The summed E-state index contributed by atoms with van der Waals surface area (Å²) in [6.07, 6.45) is 0.955. The van der Waals surface area contributed by atoms with Gasteiger partial charge in [-0.2, -0.15) is 5.10 Å². The summed E-state index contributed by atoms with van der Waals surface area (Å²) in [6, 6.07) is 14.8. The van der Waals surface area contributed by atoms with E-state index in [1.54, 1.807) is 7.11 Å². The van der Waals surface area contributed by atoms with Crippen molar-refractivity contribution >= 4 is 11.6 Å². The van der Waals surface area contributed by atoms with Gasteiger partial charge in [0.25, 0.3) is 5.91 Å². The zero-order valence-electron chi connectivity index (χ0n) is 15.5. The Balaban J connectivity index is 1.82. The van der Waals surface area contributed by atoms with Crippen molar-refractivity contribution in [3.63, 3.8) is 0 Å². The van der Waals surface area contributed by atoms with E-state index >= 15 is 0 Å². The van der Waals surface area contributed by atoms with Crippen LogP contribution in [-0.2, 0) is 6.42 Å². The monoisotopic (exact) mass is 349 g/mol. The van der Waals surface area contributed by atoms with Crippen LogP contribution in [-0.4, -0.2) is 22.8 Å². The highest BCUT2D eigenvalue weighted by molar-refractivity contribution is 6.05. The van der Waals surface area contributed by atoms with Crippen molar-refractivity contribution in [3.8, 4) is 11.4 Å². The summed E-state index contributed by atoms with van der Waals surface area (Å²) in [4.78, 5) is 12.5. The van der Waals surface area contributed by atoms with Crippen LogP contribution in [0.1, 0.15) is 34.2 Å². The molecule has 0 aliphatic carbocycles. The largest absolute Gasteiger partial charge is 0.495 e. The Labute approximate surface area is 153 Å². The average Bonchev–Trinajstić information content (AvgIpc) is 2.95. The second-order valence-corrected chi connectivity index (χ2v) is 6.12. The lowest BCUT2D eigenvalue weighted by atomic mass is 10.1. The third kappa shape index (κ3) is 3.33. The first-order chi connectivity index (χ1) is 12.5. The number of ether oxygens (including phenoxy) is 1. The van der Waals surface area contributed by atoms with Gasteiger partial charge in [0.05, 0.1) is 24.2 Å². The summed E-state index contributed by atoms with van der Waals surface area (Å²) < 4.78 is 7.20. The van der Waals surface area contributed by atoms with E-state index in [0.717, 1.165) is 23.5 Å². The van der Waals surface area contributed by atoms with Gasteiger partial charge in [-0.1, -0.05) is 19.1 Å². The third-order valence-corrected chi connectivity index (χ3v) is 4.52. The molecule has 1 aromatic heterocycles. The van der Waals surface area contributed by atoms with Crippen LogP contribution in [0.4, 0.5) is 5.69 Å². The molecule has 134 valence electrons. The second-order valence-electron chi connectivity index (χ2n) is 6.12. The van der Waals surface area contributed by atoms with Crippen LogP contribution in [0.25, 0.3) is 5.69 Å². The number of benzene rings is 2. The van der Waals surface area contributed by atoms with Gasteiger partial charge in [0.15, 0.2) is 0 Å². The Hall–Kier alpha value is -3.08. The minimum atomic E-state index is -0.177. The van der Waals surface area contributed by atoms with Crippen molar-refractivity contribution in [2.45, 2.75) is 27.2 Å². The minimum absolute atomic E-state index is 0.177. The molecular weight excluding hydrogens is 326 g/mol. The molecule has 1 N–H and O–H groups in total. The molecule has 3 aromatic rings. The van der Waals surface area contributed by atoms with Gasteiger partial charge in [-0.05, 0) is 62.2 Å². The molecule has 0 fully saturated rings. The number of carbonyl (C=O) groups excluding carboxylic acids is 1. The predicted molar refractivity (Wildman–Crippen MR) is 103 cm³/mol. The van der Waals surface area contributed by atoms with Crippen LogP contribution in [0.3, 0.4) is 0 Å². The van der Waals surface area contributed by atoms with Crippen LogP contribution in [0.5, 0.6) is 5.75 Å². The SMILES string of the molecule is CCc1c(C)nn(-c2ccc(C(=O)Nc3ccccc3OC)cc2)c1C. The van der Waals surface area contributed by atoms with Crippen LogP contribution in [0.2, 0.25) is 0 Å². The van der Waals surface area contributed by atoms with Crippen molar-refractivity contribution in [2.75, 3.05) is 12.4 Å². The van der Waals surface area contributed by atoms with Gasteiger partial charge in [-0.25, -0.2) is 4.68 Å². The Kier molecular flexibility index (Phi) is 5.07. The van der Waals surface area contributed by atoms with Gasteiger partial charge in [0.2, 0.25) is 0 Å². The van der Waals surface area contributed by atoms with Crippen molar-refractivity contribution in [2.24, 2.45) is 0 Å². The molecule has 2 aromatic carbocycles. The number of hydrogen-bond donors (Lipinski definition) is 1. The van der Waals surface area contributed by atoms with Gasteiger partial charge < -0.3 is 10.1 Å². The number of aromatic nitrogens is 2. The summed E-state index contributed by atoms with van der Waals surface area (Å²) in [6.45, 7) is 6.23. The molecule has 0 aliphatic heterocycles. The van der Waals surface area contributed by atoms with Crippen molar-refractivity contribution in [3.05, 3.63) is 71.0 Å². The lowest BCUT2D eigenvalue weighted by molar-refractivity contribution is 0.102. The number of para-hydroxylation sites is 2. The molecule has 0 saturated heterocycles. The van der Waals surface area contributed by atoms with Crippen molar-refractivity contribution in [1.82, 2.24) is 9.78 Å². The lowest BCUT2D eigenvalue weighted by Gasteiger charge is -2.10. The highest BCUT2D eigenvalue weighted by Crippen LogP contribution is 2.24. The van der Waals surface area contributed by atoms with E-state index in [1.165, 1.54) is 5.56 Å². The van der Waals surface area contributed by atoms with Crippen LogP contribution < -0.4 is 10.1 Å². The molecule has 0 aliphatic rings. The molecule has 0 radical (unpaired) electrons. The Morgan fingerprint density at radius 1 is 1.12 bits per heavy atom. The topological polar surface area (TPSA) is 56.2 Å². The number of hydrogen-bond acceptors (Lipinski definition) is 3. The molecule has 0 atom stereocenters. The molecule has 0 spiro atoms. The molecule has 5 nitrogen and oxygen atoms in total. The summed E-state index contributed by atoms with van der Waals surface area (Å²) in [5.41, 5.74) is 5.62. The number of anilines is 1. The van der Waals surface area contributed by atoms with Crippen LogP contribution >= 0.6 is 0 Å². The molecule has 3 rings (SSSR count). The third-order valence-electron chi connectivity index (χ3n) is 4.52. The van der Waals surface area contributed by atoms with Gasteiger partial charge in [-0.3, -0.25) is 4.79 Å². The molecule has 0 unspecified atom stereocenters. The summed E-state index contributed by atoms with van der Waals surface area (Å²) in [7, 11) is 1.58. The van der Waals surface area contributed by atoms with E-state index in [0.29, 0.717) is 17.0 Å². The predicted octanol–water partition coefficient (Wildman–Crippen LogP) is 4.31.